The van der Waals surface area contributed by atoms with Crippen molar-refractivity contribution >= 4 is 13.1 Å². The number of rotatable bonds is 6. The zero-order valence-electron chi connectivity index (χ0n) is 14.6. The largest absolute Gasteiger partial charge is 0.451 e. The molecule has 1 aromatic heterocycles. The van der Waals surface area contributed by atoms with Gasteiger partial charge in [0.15, 0.2) is 0 Å². The molecule has 0 saturated heterocycles. The summed E-state index contributed by atoms with van der Waals surface area (Å²) in [4.78, 5) is 16.9. The highest BCUT2D eigenvalue weighted by Crippen LogP contribution is 2.53. The minimum Gasteiger partial charge on any atom is -0.419 e. The van der Waals surface area contributed by atoms with Gasteiger partial charge in [-0.2, -0.15) is 0 Å². The summed E-state index contributed by atoms with van der Waals surface area (Å²) in [5.74, 6) is 0.282. The van der Waals surface area contributed by atoms with Gasteiger partial charge in [-0.25, -0.2) is 4.57 Å². The van der Waals surface area contributed by atoms with E-state index in [1.54, 1.807) is 26.0 Å². The molecule has 6 heteroatoms. The summed E-state index contributed by atoms with van der Waals surface area (Å²) in [5, 5.41) is 0. The minimum absolute atomic E-state index is 0.282. The van der Waals surface area contributed by atoms with Gasteiger partial charge in [-0.3, -0.25) is 14.3 Å². The first-order chi connectivity index (χ1) is 11.2. The van der Waals surface area contributed by atoms with Crippen molar-refractivity contribution in [3.63, 3.8) is 0 Å². The first kappa shape index (κ1) is 18.4. The number of benzene rings is 1. The van der Waals surface area contributed by atoms with E-state index in [0.717, 1.165) is 16.7 Å². The molecule has 0 spiro atoms. The van der Waals surface area contributed by atoms with Gasteiger partial charge in [0.25, 0.3) is 5.52 Å². The Kier molecular flexibility index (Phi) is 5.58. The molecule has 0 amide bonds. The molecule has 24 heavy (non-hydrogen) atoms. The van der Waals surface area contributed by atoms with Crippen molar-refractivity contribution in [1.29, 1.82) is 0 Å². The van der Waals surface area contributed by atoms with Crippen LogP contribution in [0, 0.1) is 20.8 Å². The molecule has 0 aliphatic carbocycles. The van der Waals surface area contributed by atoms with Crippen LogP contribution >= 0.6 is 7.60 Å². The molecule has 1 aromatic carbocycles. The summed E-state index contributed by atoms with van der Waals surface area (Å²) in [6.07, 6.45) is 2.58. The van der Waals surface area contributed by atoms with E-state index in [1.165, 1.54) is 12.4 Å². The van der Waals surface area contributed by atoms with Gasteiger partial charge < -0.3 is 4.52 Å². The first-order valence-electron chi connectivity index (χ1n) is 7.74. The van der Waals surface area contributed by atoms with Crippen LogP contribution in [0.5, 0.6) is 5.75 Å². The van der Waals surface area contributed by atoms with Gasteiger partial charge in [0.05, 0.1) is 6.10 Å². The van der Waals surface area contributed by atoms with E-state index in [-0.39, 0.29) is 5.75 Å². The second-order valence-corrected chi connectivity index (χ2v) is 7.80. The lowest BCUT2D eigenvalue weighted by molar-refractivity contribution is 0.100. The number of pyridine rings is 1. The number of hydrogen-bond donors (Lipinski definition) is 0. The maximum atomic E-state index is 13.3. The minimum atomic E-state index is -4.05. The van der Waals surface area contributed by atoms with Gasteiger partial charge >= 0.3 is 7.60 Å². The number of aryl methyl sites for hydroxylation is 3. The van der Waals surface area contributed by atoms with Crippen molar-refractivity contribution in [2.75, 3.05) is 0 Å². The van der Waals surface area contributed by atoms with E-state index in [4.69, 9.17) is 9.05 Å². The van der Waals surface area contributed by atoms with Crippen LogP contribution in [0.25, 0.3) is 0 Å². The highest BCUT2D eigenvalue weighted by atomic mass is 31.2. The third kappa shape index (κ3) is 4.11. The Morgan fingerprint density at radius 2 is 1.62 bits per heavy atom. The van der Waals surface area contributed by atoms with Gasteiger partial charge in [0.1, 0.15) is 5.75 Å². The van der Waals surface area contributed by atoms with Gasteiger partial charge in [-0.05, 0) is 57.9 Å². The van der Waals surface area contributed by atoms with Crippen molar-refractivity contribution in [2.24, 2.45) is 0 Å². The van der Waals surface area contributed by atoms with Gasteiger partial charge in [0.2, 0.25) is 0 Å². The molecule has 128 valence electrons. The molecule has 0 radical (unpaired) electrons. The topological polar surface area (TPSA) is 65.5 Å². The van der Waals surface area contributed by atoms with E-state index in [1.807, 2.05) is 32.9 Å². The molecule has 2 aromatic rings. The average Bonchev–Trinajstić information content (AvgIpc) is 2.46. The lowest BCUT2D eigenvalue weighted by Gasteiger charge is -2.21. The zero-order valence-corrected chi connectivity index (χ0v) is 15.5. The Hall–Kier alpha value is -1.97. The summed E-state index contributed by atoms with van der Waals surface area (Å²) in [5.41, 5.74) is 2.31. The van der Waals surface area contributed by atoms with E-state index < -0.39 is 19.2 Å². The quantitative estimate of drug-likeness (QED) is 0.699. The predicted molar refractivity (Wildman–Crippen MR) is 93.7 cm³/mol. The number of carbonyl (C=O) groups is 1. The van der Waals surface area contributed by atoms with E-state index >= 15 is 0 Å². The normalized spacial score (nSPS) is 13.6. The Balaban J connectivity index is 2.48. The molecule has 1 unspecified atom stereocenters. The van der Waals surface area contributed by atoms with E-state index in [0.29, 0.717) is 5.56 Å². The third-order valence-corrected chi connectivity index (χ3v) is 5.24. The summed E-state index contributed by atoms with van der Waals surface area (Å²) < 4.78 is 24.2. The van der Waals surface area contributed by atoms with Crippen LogP contribution in [0.2, 0.25) is 0 Å². The lowest BCUT2D eigenvalue weighted by atomic mass is 10.0. The molecule has 0 saturated carbocycles. The number of nitrogens with zero attached hydrogens (tertiary/aromatic N) is 1. The summed E-state index contributed by atoms with van der Waals surface area (Å²) in [7, 11) is -4.05. The SMILES string of the molecule is Cc1cc(C)c(C(=O)P(=O)(Oc2ccncc2)OC(C)C)c(C)c1. The van der Waals surface area contributed by atoms with Crippen LogP contribution in [0.4, 0.5) is 0 Å². The van der Waals surface area contributed by atoms with Gasteiger partial charge in [-0.15, -0.1) is 0 Å². The van der Waals surface area contributed by atoms with E-state index in [9.17, 15) is 9.36 Å². The summed E-state index contributed by atoms with van der Waals surface area (Å²) in [6, 6.07) is 6.84. The highest BCUT2D eigenvalue weighted by Gasteiger charge is 2.40. The number of aromatic nitrogens is 1. The van der Waals surface area contributed by atoms with Crippen molar-refractivity contribution in [1.82, 2.24) is 4.98 Å². The molecule has 1 heterocycles. The van der Waals surface area contributed by atoms with Crippen LogP contribution in [-0.2, 0) is 9.09 Å². The Bertz CT molecular complexity index is 764. The first-order valence-corrected chi connectivity index (χ1v) is 9.28. The molecule has 0 N–H and O–H groups in total. The standard InChI is InChI=1S/C18H22NO4P/c1-12(2)22-24(21,23-16-6-8-19-9-7-16)18(20)17-14(4)10-13(3)11-15(17)5/h6-12H,1-5H3. The molecule has 0 aliphatic rings. The van der Waals surface area contributed by atoms with Gasteiger partial charge in [0, 0.05) is 18.0 Å². The Labute approximate surface area is 142 Å². The second-order valence-electron chi connectivity index (χ2n) is 6.00. The molecular weight excluding hydrogens is 325 g/mol. The fourth-order valence-electron chi connectivity index (χ4n) is 2.58. The number of hydrogen-bond acceptors (Lipinski definition) is 5. The molecule has 0 aliphatic heterocycles. The average molecular weight is 347 g/mol. The monoisotopic (exact) mass is 347 g/mol. The predicted octanol–water partition coefficient (Wildman–Crippen LogP) is 4.84. The van der Waals surface area contributed by atoms with Crippen LogP contribution in [0.1, 0.15) is 40.9 Å². The van der Waals surface area contributed by atoms with Crippen LogP contribution in [0.15, 0.2) is 36.7 Å². The van der Waals surface area contributed by atoms with Crippen LogP contribution in [0.3, 0.4) is 0 Å². The fourth-order valence-corrected chi connectivity index (χ4v) is 4.38. The third-order valence-electron chi connectivity index (χ3n) is 3.36. The molecule has 2 rings (SSSR count). The molecule has 5 nitrogen and oxygen atoms in total. The van der Waals surface area contributed by atoms with Crippen LogP contribution < -0.4 is 4.52 Å². The maximum absolute atomic E-state index is 13.3. The van der Waals surface area contributed by atoms with Crippen molar-refractivity contribution in [3.8, 4) is 5.75 Å². The second kappa shape index (κ2) is 7.29. The van der Waals surface area contributed by atoms with Crippen molar-refractivity contribution in [2.45, 2.75) is 40.7 Å². The lowest BCUT2D eigenvalue weighted by Crippen LogP contribution is -2.15. The summed E-state index contributed by atoms with van der Waals surface area (Å²) >= 11 is 0. The van der Waals surface area contributed by atoms with Crippen molar-refractivity contribution in [3.05, 3.63) is 58.9 Å². The fraction of sp³-hybridized carbons (Fsp3) is 0.333. The smallest absolute Gasteiger partial charge is 0.419 e. The van der Waals surface area contributed by atoms with Crippen molar-refractivity contribution < 1.29 is 18.4 Å². The van der Waals surface area contributed by atoms with Crippen LogP contribution in [-0.4, -0.2) is 16.6 Å². The Morgan fingerprint density at radius 1 is 1.08 bits per heavy atom. The molecule has 1 atom stereocenters. The Morgan fingerprint density at radius 3 is 2.12 bits per heavy atom. The van der Waals surface area contributed by atoms with Gasteiger partial charge in [-0.1, -0.05) is 17.7 Å². The highest BCUT2D eigenvalue weighted by molar-refractivity contribution is 7.73. The maximum Gasteiger partial charge on any atom is 0.451 e. The molecular formula is C18H22NO4P. The van der Waals surface area contributed by atoms with E-state index in [2.05, 4.69) is 4.98 Å². The zero-order chi connectivity index (χ0) is 17.9. The molecule has 0 fully saturated rings. The summed E-state index contributed by atoms with van der Waals surface area (Å²) in [6.45, 7) is 9.01. The number of carbonyl (C=O) groups excluding carboxylic acids is 1. The molecule has 0 bridgehead atoms.